The van der Waals surface area contributed by atoms with E-state index in [4.69, 9.17) is 0 Å². The maximum Gasteiger partial charge on any atom is 0.317 e. The van der Waals surface area contributed by atoms with Crippen LogP contribution in [0.25, 0.3) is 5.69 Å². The molecule has 0 unspecified atom stereocenters. The van der Waals surface area contributed by atoms with Crippen molar-refractivity contribution in [1.29, 1.82) is 0 Å². The summed E-state index contributed by atoms with van der Waals surface area (Å²) in [5.41, 5.74) is 5.28. The van der Waals surface area contributed by atoms with E-state index in [9.17, 15) is 4.79 Å². The molecule has 2 heterocycles. The summed E-state index contributed by atoms with van der Waals surface area (Å²) in [5, 5.41) is 7.70. The largest absolute Gasteiger partial charge is 0.338 e. The van der Waals surface area contributed by atoms with E-state index in [2.05, 4.69) is 32.1 Å². The molecule has 170 valence electrons. The Labute approximate surface area is 194 Å². The van der Waals surface area contributed by atoms with Crippen LogP contribution in [0.5, 0.6) is 0 Å². The number of rotatable bonds is 8. The van der Waals surface area contributed by atoms with Crippen LogP contribution in [-0.4, -0.2) is 43.9 Å². The van der Waals surface area contributed by atoms with Crippen LogP contribution in [-0.2, 0) is 19.5 Å². The minimum atomic E-state index is -0.109. The van der Waals surface area contributed by atoms with Gasteiger partial charge >= 0.3 is 6.03 Å². The molecular formula is C26H30N6O. The fourth-order valence-corrected chi connectivity index (χ4v) is 3.94. The summed E-state index contributed by atoms with van der Waals surface area (Å²) in [7, 11) is 1.81. The van der Waals surface area contributed by atoms with Crippen LogP contribution in [0.3, 0.4) is 0 Å². The van der Waals surface area contributed by atoms with Crippen LogP contribution < -0.4 is 5.32 Å². The quantitative estimate of drug-likeness (QED) is 0.446. The number of urea groups is 1. The molecule has 0 aliphatic carbocycles. The standard InChI is InChI=1S/C26H30N6O/c1-20-24(21(2)32(29-20)23-12-8-5-9-13-23)19-30(3)26(33)28-15-14-25-27-16-17-31(25)18-22-10-6-4-7-11-22/h4-13,16-17H,14-15,18-19H2,1-3H3,(H,28,33). The molecule has 7 heteroatoms. The normalized spacial score (nSPS) is 10.9. The van der Waals surface area contributed by atoms with Gasteiger partial charge in [0.25, 0.3) is 0 Å². The van der Waals surface area contributed by atoms with Crippen molar-refractivity contribution in [2.45, 2.75) is 33.4 Å². The molecule has 4 aromatic rings. The number of hydrogen-bond donors (Lipinski definition) is 1. The summed E-state index contributed by atoms with van der Waals surface area (Å²) in [6, 6.07) is 20.2. The lowest BCUT2D eigenvalue weighted by Crippen LogP contribution is -2.38. The second kappa shape index (κ2) is 10.2. The Morgan fingerprint density at radius 1 is 1.03 bits per heavy atom. The number of carbonyl (C=O) groups excluding carboxylic acids is 1. The van der Waals surface area contributed by atoms with Crippen molar-refractivity contribution in [2.24, 2.45) is 0 Å². The van der Waals surface area contributed by atoms with Gasteiger partial charge in [0.15, 0.2) is 0 Å². The molecule has 0 bridgehead atoms. The van der Waals surface area contributed by atoms with E-state index >= 15 is 0 Å². The third-order valence-corrected chi connectivity index (χ3v) is 5.81. The Balaban J connectivity index is 1.32. The molecule has 0 radical (unpaired) electrons. The number of imidazole rings is 1. The molecular weight excluding hydrogens is 412 g/mol. The van der Waals surface area contributed by atoms with Gasteiger partial charge in [-0.1, -0.05) is 48.5 Å². The van der Waals surface area contributed by atoms with E-state index < -0.39 is 0 Å². The molecule has 0 spiro atoms. The van der Waals surface area contributed by atoms with Gasteiger partial charge in [-0.2, -0.15) is 5.10 Å². The fourth-order valence-electron chi connectivity index (χ4n) is 3.94. The number of carbonyl (C=O) groups is 1. The molecule has 4 rings (SSSR count). The third-order valence-electron chi connectivity index (χ3n) is 5.81. The van der Waals surface area contributed by atoms with E-state index in [1.54, 1.807) is 4.90 Å². The Bertz CT molecular complexity index is 1200. The monoisotopic (exact) mass is 442 g/mol. The number of aryl methyl sites for hydroxylation is 1. The molecule has 0 aliphatic heterocycles. The smallest absolute Gasteiger partial charge is 0.317 e. The van der Waals surface area contributed by atoms with Crippen LogP contribution in [0.2, 0.25) is 0 Å². The first-order valence-corrected chi connectivity index (χ1v) is 11.2. The van der Waals surface area contributed by atoms with Crippen LogP contribution in [0.4, 0.5) is 4.79 Å². The summed E-state index contributed by atoms with van der Waals surface area (Å²) in [5.74, 6) is 0.956. The molecule has 0 aliphatic rings. The Hall–Kier alpha value is -3.87. The minimum absolute atomic E-state index is 0.109. The first-order chi connectivity index (χ1) is 16.0. The number of nitrogens with zero attached hydrogens (tertiary/aromatic N) is 5. The average Bonchev–Trinajstić information content (AvgIpc) is 3.39. The molecule has 0 atom stereocenters. The highest BCUT2D eigenvalue weighted by Gasteiger charge is 2.17. The van der Waals surface area contributed by atoms with E-state index in [0.29, 0.717) is 19.5 Å². The highest BCUT2D eigenvalue weighted by molar-refractivity contribution is 5.73. The summed E-state index contributed by atoms with van der Waals surface area (Å²) >= 11 is 0. The molecule has 2 amide bonds. The second-order valence-corrected chi connectivity index (χ2v) is 8.19. The van der Waals surface area contributed by atoms with Gasteiger partial charge < -0.3 is 14.8 Å². The third kappa shape index (κ3) is 5.31. The number of nitrogens with one attached hydrogen (secondary N) is 1. The van der Waals surface area contributed by atoms with Gasteiger partial charge in [-0.15, -0.1) is 0 Å². The van der Waals surface area contributed by atoms with Crippen molar-refractivity contribution in [3.63, 3.8) is 0 Å². The Kier molecular flexibility index (Phi) is 6.88. The number of para-hydroxylation sites is 1. The molecule has 7 nitrogen and oxygen atoms in total. The number of aromatic nitrogens is 4. The fraction of sp³-hybridized carbons (Fsp3) is 0.269. The van der Waals surface area contributed by atoms with E-state index in [-0.39, 0.29) is 6.03 Å². The minimum Gasteiger partial charge on any atom is -0.338 e. The van der Waals surface area contributed by atoms with Gasteiger partial charge in [0.2, 0.25) is 0 Å². The van der Waals surface area contributed by atoms with E-state index in [0.717, 1.165) is 35.0 Å². The maximum absolute atomic E-state index is 12.7. The van der Waals surface area contributed by atoms with Crippen molar-refractivity contribution in [3.8, 4) is 5.69 Å². The Morgan fingerprint density at radius 2 is 1.73 bits per heavy atom. The maximum atomic E-state index is 12.7. The lowest BCUT2D eigenvalue weighted by molar-refractivity contribution is 0.207. The highest BCUT2D eigenvalue weighted by Crippen LogP contribution is 2.19. The van der Waals surface area contributed by atoms with Gasteiger partial charge in [-0.25, -0.2) is 14.5 Å². The topological polar surface area (TPSA) is 68.0 Å². The summed E-state index contributed by atoms with van der Waals surface area (Å²) in [6.07, 6.45) is 4.46. The molecule has 2 aromatic heterocycles. The first kappa shape index (κ1) is 22.3. The first-order valence-electron chi connectivity index (χ1n) is 11.2. The zero-order valence-corrected chi connectivity index (χ0v) is 19.4. The van der Waals surface area contributed by atoms with E-state index in [1.165, 1.54) is 5.56 Å². The van der Waals surface area contributed by atoms with Crippen molar-refractivity contribution in [1.82, 2.24) is 29.5 Å². The lowest BCUT2D eigenvalue weighted by Gasteiger charge is -2.18. The molecule has 1 N–H and O–H groups in total. The second-order valence-electron chi connectivity index (χ2n) is 8.19. The van der Waals surface area contributed by atoms with Gasteiger partial charge in [0.1, 0.15) is 5.82 Å². The van der Waals surface area contributed by atoms with Crippen LogP contribution in [0.1, 0.15) is 28.3 Å². The zero-order valence-electron chi connectivity index (χ0n) is 19.4. The summed E-state index contributed by atoms with van der Waals surface area (Å²) in [6.45, 7) is 5.82. The van der Waals surface area contributed by atoms with Gasteiger partial charge in [-0.3, -0.25) is 0 Å². The van der Waals surface area contributed by atoms with Gasteiger partial charge in [0.05, 0.1) is 17.9 Å². The number of benzene rings is 2. The van der Waals surface area contributed by atoms with Crippen LogP contribution >= 0.6 is 0 Å². The molecule has 0 saturated carbocycles. The SMILES string of the molecule is Cc1nn(-c2ccccc2)c(C)c1CN(C)C(=O)NCCc1nccn1Cc1ccccc1. The van der Waals surface area contributed by atoms with Gasteiger partial charge in [0, 0.05) is 50.2 Å². The highest BCUT2D eigenvalue weighted by atomic mass is 16.2. The van der Waals surface area contributed by atoms with Crippen molar-refractivity contribution in [2.75, 3.05) is 13.6 Å². The van der Waals surface area contributed by atoms with E-state index in [1.807, 2.05) is 86.5 Å². The summed E-state index contributed by atoms with van der Waals surface area (Å²) < 4.78 is 4.05. The van der Waals surface area contributed by atoms with Crippen LogP contribution in [0.15, 0.2) is 73.1 Å². The molecule has 2 aromatic carbocycles. The Morgan fingerprint density at radius 3 is 2.45 bits per heavy atom. The van der Waals surface area contributed by atoms with Gasteiger partial charge in [-0.05, 0) is 31.5 Å². The van der Waals surface area contributed by atoms with Crippen molar-refractivity contribution in [3.05, 3.63) is 101 Å². The predicted molar refractivity (Wildman–Crippen MR) is 129 cm³/mol. The number of amides is 2. The van der Waals surface area contributed by atoms with Crippen LogP contribution in [0, 0.1) is 13.8 Å². The predicted octanol–water partition coefficient (Wildman–Crippen LogP) is 4.12. The van der Waals surface area contributed by atoms with Crippen molar-refractivity contribution >= 4 is 6.03 Å². The molecule has 33 heavy (non-hydrogen) atoms. The summed E-state index contributed by atoms with van der Waals surface area (Å²) in [4.78, 5) is 18.9. The zero-order chi connectivity index (χ0) is 23.2. The molecule has 0 fully saturated rings. The number of hydrogen-bond acceptors (Lipinski definition) is 3. The van der Waals surface area contributed by atoms with Crippen molar-refractivity contribution < 1.29 is 4.79 Å². The lowest BCUT2D eigenvalue weighted by atomic mass is 10.2. The molecule has 0 saturated heterocycles. The average molecular weight is 443 g/mol.